The minimum Gasteiger partial charge on any atom is -0.366 e. The molecule has 3 nitrogen and oxygen atoms in total. The Morgan fingerprint density at radius 3 is 2.68 bits per heavy atom. The molecule has 2 unspecified atom stereocenters. The molecule has 0 bridgehead atoms. The second-order valence-corrected chi connectivity index (χ2v) is 7.99. The number of anilines is 1. The van der Waals surface area contributed by atoms with Gasteiger partial charge in [0, 0.05) is 22.8 Å². The maximum atomic E-state index is 4.68. The van der Waals surface area contributed by atoms with E-state index in [2.05, 4.69) is 58.2 Å². The number of thioether (sulfide) groups is 1. The average molecular weight is 344 g/mol. The molecule has 1 aromatic heterocycles. The summed E-state index contributed by atoms with van der Waals surface area (Å²) in [5.41, 5.74) is -0.0329. The van der Waals surface area contributed by atoms with E-state index in [0.717, 1.165) is 16.2 Å². The first-order valence-electron chi connectivity index (χ1n) is 6.74. The Hall–Kier alpha value is -0.290. The van der Waals surface area contributed by atoms with Crippen LogP contribution in [0.2, 0.25) is 0 Å². The number of hydrogen-bond acceptors (Lipinski definition) is 4. The van der Waals surface area contributed by atoms with E-state index in [4.69, 9.17) is 0 Å². The lowest BCUT2D eigenvalue weighted by Gasteiger charge is -2.22. The summed E-state index contributed by atoms with van der Waals surface area (Å²) in [5.74, 6) is 1.82. The highest BCUT2D eigenvalue weighted by atomic mass is 79.9. The fourth-order valence-electron chi connectivity index (χ4n) is 2.39. The van der Waals surface area contributed by atoms with E-state index in [1.165, 1.54) is 19.3 Å². The number of nitrogens with one attached hydrogen (secondary N) is 1. The monoisotopic (exact) mass is 343 g/mol. The molecule has 2 rings (SSSR count). The standard InChI is InChI=1S/C14H22BrN3S/c1-14(2,3)13-17-11(15)8-12(18-13)16-9-6-5-7-10(9)19-4/h8-10H,5-7H2,1-4H3,(H,16,17,18). The third-order valence-electron chi connectivity index (χ3n) is 3.45. The van der Waals surface area contributed by atoms with Gasteiger partial charge >= 0.3 is 0 Å². The molecule has 5 heteroatoms. The summed E-state index contributed by atoms with van der Waals surface area (Å²) in [4.78, 5) is 9.15. The van der Waals surface area contributed by atoms with Crippen LogP contribution >= 0.6 is 27.7 Å². The van der Waals surface area contributed by atoms with Gasteiger partial charge in [0.05, 0.1) is 0 Å². The Bertz CT molecular complexity index is 445. The van der Waals surface area contributed by atoms with Crippen molar-refractivity contribution < 1.29 is 0 Å². The van der Waals surface area contributed by atoms with E-state index in [1.54, 1.807) is 0 Å². The molecule has 0 aliphatic heterocycles. The van der Waals surface area contributed by atoms with Crippen LogP contribution in [0.4, 0.5) is 5.82 Å². The summed E-state index contributed by atoms with van der Waals surface area (Å²) in [7, 11) is 0. The van der Waals surface area contributed by atoms with Crippen LogP contribution in [-0.2, 0) is 5.41 Å². The molecule has 1 fully saturated rings. The Labute approximate surface area is 128 Å². The Kier molecular flexibility index (Phi) is 4.77. The molecular weight excluding hydrogens is 322 g/mol. The van der Waals surface area contributed by atoms with Crippen LogP contribution in [0.3, 0.4) is 0 Å². The fourth-order valence-corrected chi connectivity index (χ4v) is 3.71. The van der Waals surface area contributed by atoms with E-state index >= 15 is 0 Å². The zero-order valence-corrected chi connectivity index (χ0v) is 14.4. The lowest BCUT2D eigenvalue weighted by molar-refractivity contribution is 0.543. The maximum Gasteiger partial charge on any atom is 0.137 e. The normalized spacial score (nSPS) is 23.6. The summed E-state index contributed by atoms with van der Waals surface area (Å²) < 4.78 is 0.855. The van der Waals surface area contributed by atoms with E-state index in [9.17, 15) is 0 Å². The van der Waals surface area contributed by atoms with Gasteiger partial charge in [-0.25, -0.2) is 9.97 Å². The third-order valence-corrected chi connectivity index (χ3v) is 5.03. The quantitative estimate of drug-likeness (QED) is 0.833. The Morgan fingerprint density at radius 2 is 2.05 bits per heavy atom. The van der Waals surface area contributed by atoms with Crippen LogP contribution in [0.5, 0.6) is 0 Å². The molecule has 2 atom stereocenters. The lowest BCUT2D eigenvalue weighted by atomic mass is 9.96. The molecule has 1 N–H and O–H groups in total. The van der Waals surface area contributed by atoms with Crippen LogP contribution < -0.4 is 5.32 Å². The highest BCUT2D eigenvalue weighted by molar-refractivity contribution is 9.10. The summed E-state index contributed by atoms with van der Waals surface area (Å²) in [6.07, 6.45) is 6.04. The first-order chi connectivity index (χ1) is 8.90. The topological polar surface area (TPSA) is 37.8 Å². The molecule has 106 valence electrons. The van der Waals surface area contributed by atoms with Crippen molar-refractivity contribution in [2.45, 2.75) is 56.7 Å². The number of aromatic nitrogens is 2. The Balaban J connectivity index is 2.18. The van der Waals surface area contributed by atoms with Crippen molar-refractivity contribution >= 4 is 33.5 Å². The molecular formula is C14H22BrN3S. The van der Waals surface area contributed by atoms with E-state index in [1.807, 2.05) is 17.8 Å². The molecule has 19 heavy (non-hydrogen) atoms. The molecule has 0 aromatic carbocycles. The second kappa shape index (κ2) is 6.00. The molecule has 1 aromatic rings. The van der Waals surface area contributed by atoms with Crippen molar-refractivity contribution in [2.24, 2.45) is 0 Å². The summed E-state index contributed by atoms with van der Waals surface area (Å²) in [6.45, 7) is 6.41. The molecule has 1 heterocycles. The van der Waals surface area contributed by atoms with Gasteiger partial charge in [0.15, 0.2) is 0 Å². The van der Waals surface area contributed by atoms with Crippen LogP contribution in [0.15, 0.2) is 10.7 Å². The maximum absolute atomic E-state index is 4.68. The van der Waals surface area contributed by atoms with Gasteiger partial charge in [0.2, 0.25) is 0 Å². The van der Waals surface area contributed by atoms with Gasteiger partial charge in [-0.3, -0.25) is 0 Å². The van der Waals surface area contributed by atoms with Gasteiger partial charge in [-0.1, -0.05) is 27.2 Å². The molecule has 1 aliphatic rings. The van der Waals surface area contributed by atoms with Gasteiger partial charge in [-0.05, 0) is 35.0 Å². The number of nitrogens with zero attached hydrogens (tertiary/aromatic N) is 2. The minimum absolute atomic E-state index is 0.0329. The van der Waals surface area contributed by atoms with Gasteiger partial charge in [0.25, 0.3) is 0 Å². The Morgan fingerprint density at radius 1 is 1.32 bits per heavy atom. The summed E-state index contributed by atoms with van der Waals surface area (Å²) in [6, 6.07) is 2.51. The molecule has 0 saturated heterocycles. The third kappa shape index (κ3) is 3.85. The van der Waals surface area contributed by atoms with Gasteiger partial charge in [-0.2, -0.15) is 11.8 Å². The first-order valence-corrected chi connectivity index (χ1v) is 8.82. The molecule has 0 spiro atoms. The number of halogens is 1. The SMILES string of the molecule is CSC1CCCC1Nc1cc(Br)nc(C(C)(C)C)n1. The molecule has 1 aliphatic carbocycles. The second-order valence-electron chi connectivity index (χ2n) is 6.11. The average Bonchev–Trinajstić information content (AvgIpc) is 2.74. The van der Waals surface area contributed by atoms with Crippen molar-refractivity contribution in [3.63, 3.8) is 0 Å². The van der Waals surface area contributed by atoms with Crippen LogP contribution in [0.25, 0.3) is 0 Å². The lowest BCUT2D eigenvalue weighted by Crippen LogP contribution is -2.27. The van der Waals surface area contributed by atoms with Crippen molar-refractivity contribution in [1.82, 2.24) is 9.97 Å². The van der Waals surface area contributed by atoms with Crippen molar-refractivity contribution in [1.29, 1.82) is 0 Å². The number of hydrogen-bond donors (Lipinski definition) is 1. The van der Waals surface area contributed by atoms with E-state index in [0.29, 0.717) is 11.3 Å². The predicted molar refractivity (Wildman–Crippen MR) is 87.0 cm³/mol. The fraction of sp³-hybridized carbons (Fsp3) is 0.714. The highest BCUT2D eigenvalue weighted by Crippen LogP contribution is 2.31. The van der Waals surface area contributed by atoms with Crippen LogP contribution in [-0.4, -0.2) is 27.5 Å². The minimum atomic E-state index is -0.0329. The zero-order valence-electron chi connectivity index (χ0n) is 12.0. The highest BCUT2D eigenvalue weighted by Gasteiger charge is 2.27. The zero-order chi connectivity index (χ0) is 14.0. The van der Waals surface area contributed by atoms with Crippen LogP contribution in [0, 0.1) is 0 Å². The smallest absolute Gasteiger partial charge is 0.137 e. The molecule has 1 saturated carbocycles. The van der Waals surface area contributed by atoms with Crippen LogP contribution in [0.1, 0.15) is 45.9 Å². The van der Waals surface area contributed by atoms with Gasteiger partial charge < -0.3 is 5.32 Å². The molecule has 0 amide bonds. The largest absolute Gasteiger partial charge is 0.366 e. The molecule has 0 radical (unpaired) electrons. The van der Waals surface area contributed by atoms with Gasteiger partial charge in [0.1, 0.15) is 16.2 Å². The summed E-state index contributed by atoms with van der Waals surface area (Å²) >= 11 is 5.45. The van der Waals surface area contributed by atoms with Crippen molar-refractivity contribution in [3.8, 4) is 0 Å². The first kappa shape index (κ1) is 15.1. The van der Waals surface area contributed by atoms with E-state index < -0.39 is 0 Å². The summed E-state index contributed by atoms with van der Waals surface area (Å²) in [5, 5.41) is 4.29. The predicted octanol–water partition coefficient (Wildman–Crippen LogP) is 4.23. The van der Waals surface area contributed by atoms with E-state index in [-0.39, 0.29) is 5.41 Å². The van der Waals surface area contributed by atoms with Gasteiger partial charge in [-0.15, -0.1) is 0 Å². The van der Waals surface area contributed by atoms with Crippen molar-refractivity contribution in [2.75, 3.05) is 11.6 Å². The number of rotatable bonds is 3. The van der Waals surface area contributed by atoms with Crippen molar-refractivity contribution in [3.05, 3.63) is 16.5 Å².